The smallest absolute Gasteiger partial charge is 0.321 e. The maximum Gasteiger partial charge on any atom is 0.325 e. The molecule has 2 aliphatic heterocycles. The van der Waals surface area contributed by atoms with E-state index in [-0.39, 0.29) is 30.5 Å². The van der Waals surface area contributed by atoms with Gasteiger partial charge in [-0.2, -0.15) is 0 Å². The summed E-state index contributed by atoms with van der Waals surface area (Å²) < 4.78 is 29.5. The third-order valence-corrected chi connectivity index (χ3v) is 6.64. The second kappa shape index (κ2) is 7.70. The monoisotopic (exact) mass is 437 g/mol. The lowest BCUT2D eigenvalue weighted by Crippen LogP contribution is -2.59. The van der Waals surface area contributed by atoms with Gasteiger partial charge in [-0.05, 0) is 63.4 Å². The molecule has 8 heteroatoms. The van der Waals surface area contributed by atoms with Gasteiger partial charge in [0.2, 0.25) is 0 Å². The Hall–Kier alpha value is -3.26. The molecule has 2 unspecified atom stereocenters. The third kappa shape index (κ3) is 3.35. The summed E-state index contributed by atoms with van der Waals surface area (Å²) in [5, 5.41) is 0. The number of benzene rings is 2. The van der Waals surface area contributed by atoms with Gasteiger partial charge in [0.15, 0.2) is 0 Å². The number of anilines is 1. The summed E-state index contributed by atoms with van der Waals surface area (Å²) in [5.41, 5.74) is 3.46. The standard InChI is InChI=1S/C24H25F2N5O/c1-15-11-29(12-16(2)28(15)3)24(32)30-13-22-23(17-4-6-18(25)7-5-17)27-14-31(22)20-9-8-19(26)10-21(20)30/h4-10,14-16H,11-13H2,1-3H3. The van der Waals surface area contributed by atoms with Gasteiger partial charge in [0.1, 0.15) is 18.0 Å². The van der Waals surface area contributed by atoms with Crippen LogP contribution >= 0.6 is 0 Å². The highest BCUT2D eigenvalue weighted by atomic mass is 19.1. The molecular formula is C24H25F2N5O. The second-order valence-electron chi connectivity index (χ2n) is 8.69. The fraction of sp³-hybridized carbons (Fsp3) is 0.333. The first-order valence-corrected chi connectivity index (χ1v) is 10.7. The molecule has 0 aliphatic carbocycles. The zero-order valence-corrected chi connectivity index (χ0v) is 18.3. The molecule has 2 aromatic carbocycles. The van der Waals surface area contributed by atoms with Crippen molar-refractivity contribution in [3.63, 3.8) is 0 Å². The zero-order valence-electron chi connectivity index (χ0n) is 18.3. The molecule has 0 spiro atoms. The number of carbonyl (C=O) groups excluding carboxylic acids is 1. The number of aromatic nitrogens is 2. The van der Waals surface area contributed by atoms with Crippen LogP contribution in [0, 0.1) is 11.6 Å². The van der Waals surface area contributed by atoms with Crippen molar-refractivity contribution in [1.82, 2.24) is 19.4 Å². The number of imidazole rings is 1. The van der Waals surface area contributed by atoms with Crippen LogP contribution in [0.25, 0.3) is 16.9 Å². The first-order chi connectivity index (χ1) is 15.3. The molecule has 3 heterocycles. The lowest BCUT2D eigenvalue weighted by molar-refractivity contribution is 0.0791. The lowest BCUT2D eigenvalue weighted by atomic mass is 10.1. The highest BCUT2D eigenvalue weighted by Crippen LogP contribution is 2.37. The Morgan fingerprint density at radius 1 is 0.969 bits per heavy atom. The summed E-state index contributed by atoms with van der Waals surface area (Å²) >= 11 is 0. The lowest BCUT2D eigenvalue weighted by Gasteiger charge is -2.44. The molecule has 1 fully saturated rings. The van der Waals surface area contributed by atoms with Crippen molar-refractivity contribution < 1.29 is 13.6 Å². The molecule has 5 rings (SSSR count). The molecule has 0 saturated carbocycles. The zero-order chi connectivity index (χ0) is 22.6. The number of likely N-dealkylation sites (N-methyl/N-ethyl adjacent to an activating group) is 1. The van der Waals surface area contributed by atoms with Gasteiger partial charge in [0, 0.05) is 30.7 Å². The van der Waals surface area contributed by atoms with E-state index in [4.69, 9.17) is 0 Å². The molecule has 166 valence electrons. The van der Waals surface area contributed by atoms with E-state index in [1.807, 2.05) is 9.47 Å². The van der Waals surface area contributed by atoms with Gasteiger partial charge in [-0.3, -0.25) is 14.4 Å². The van der Waals surface area contributed by atoms with Gasteiger partial charge in [-0.15, -0.1) is 0 Å². The van der Waals surface area contributed by atoms with Gasteiger partial charge in [0.25, 0.3) is 0 Å². The predicted octanol–water partition coefficient (Wildman–Crippen LogP) is 4.28. The van der Waals surface area contributed by atoms with Crippen LogP contribution < -0.4 is 4.90 Å². The maximum absolute atomic E-state index is 14.2. The van der Waals surface area contributed by atoms with Crippen LogP contribution in [0.5, 0.6) is 0 Å². The average Bonchev–Trinajstić information content (AvgIpc) is 3.20. The van der Waals surface area contributed by atoms with Gasteiger partial charge >= 0.3 is 6.03 Å². The molecule has 3 aromatic rings. The van der Waals surface area contributed by atoms with Crippen molar-refractivity contribution in [2.75, 3.05) is 25.0 Å². The van der Waals surface area contributed by atoms with E-state index in [0.29, 0.717) is 30.2 Å². The molecule has 2 amide bonds. The van der Waals surface area contributed by atoms with Crippen molar-refractivity contribution in [1.29, 1.82) is 0 Å². The summed E-state index contributed by atoms with van der Waals surface area (Å²) in [7, 11) is 2.07. The van der Waals surface area contributed by atoms with E-state index in [2.05, 4.69) is 30.8 Å². The number of hydrogen-bond acceptors (Lipinski definition) is 3. The highest BCUT2D eigenvalue weighted by Gasteiger charge is 2.36. The molecule has 1 aromatic heterocycles. The minimum atomic E-state index is -0.399. The van der Waals surface area contributed by atoms with Crippen molar-refractivity contribution in [3.8, 4) is 16.9 Å². The van der Waals surface area contributed by atoms with Crippen LogP contribution in [0.2, 0.25) is 0 Å². The SMILES string of the molecule is CC1CN(C(=O)N2Cc3c(-c4ccc(F)cc4)ncn3-c3ccc(F)cc32)CC(C)N1C. The van der Waals surface area contributed by atoms with Gasteiger partial charge in [-0.25, -0.2) is 18.6 Å². The van der Waals surface area contributed by atoms with E-state index >= 15 is 0 Å². The van der Waals surface area contributed by atoms with Crippen molar-refractivity contribution >= 4 is 11.7 Å². The predicted molar refractivity (Wildman–Crippen MR) is 119 cm³/mol. The molecule has 0 bridgehead atoms. The van der Waals surface area contributed by atoms with Crippen LogP contribution in [0.1, 0.15) is 19.5 Å². The molecule has 1 saturated heterocycles. The number of piperazine rings is 1. The molecule has 2 aliphatic rings. The summed E-state index contributed by atoms with van der Waals surface area (Å²) in [6, 6.07) is 10.9. The van der Waals surface area contributed by atoms with Crippen molar-refractivity contribution in [2.45, 2.75) is 32.5 Å². The minimum Gasteiger partial charge on any atom is -0.321 e. The number of fused-ring (bicyclic) bond motifs is 3. The molecule has 0 radical (unpaired) electrons. The van der Waals surface area contributed by atoms with Gasteiger partial charge < -0.3 is 4.90 Å². The normalized spacial score (nSPS) is 20.8. The average molecular weight is 437 g/mol. The quantitative estimate of drug-likeness (QED) is 0.571. The number of urea groups is 1. The number of halogens is 2. The third-order valence-electron chi connectivity index (χ3n) is 6.64. The molecule has 2 atom stereocenters. The molecule has 32 heavy (non-hydrogen) atoms. The summed E-state index contributed by atoms with van der Waals surface area (Å²) in [6.07, 6.45) is 1.67. The second-order valence-corrected chi connectivity index (χ2v) is 8.69. The Labute approximate surface area is 185 Å². The Morgan fingerprint density at radius 3 is 2.31 bits per heavy atom. The molecular weight excluding hydrogens is 412 g/mol. The fourth-order valence-electron chi connectivity index (χ4n) is 4.63. The van der Waals surface area contributed by atoms with Gasteiger partial charge in [0.05, 0.1) is 29.3 Å². The van der Waals surface area contributed by atoms with E-state index in [9.17, 15) is 13.6 Å². The summed E-state index contributed by atoms with van der Waals surface area (Å²) in [5.74, 6) is -0.721. The summed E-state index contributed by atoms with van der Waals surface area (Å²) in [6.45, 7) is 5.65. The molecule has 6 nitrogen and oxygen atoms in total. The van der Waals surface area contributed by atoms with E-state index in [1.54, 1.807) is 29.4 Å². The number of nitrogens with zero attached hydrogens (tertiary/aromatic N) is 5. The van der Waals surface area contributed by atoms with Crippen LogP contribution in [-0.4, -0.2) is 57.6 Å². The highest BCUT2D eigenvalue weighted by molar-refractivity contribution is 5.95. The van der Waals surface area contributed by atoms with E-state index in [0.717, 1.165) is 11.3 Å². The number of hydrogen-bond donors (Lipinski definition) is 0. The largest absolute Gasteiger partial charge is 0.325 e. The Bertz CT molecular complexity index is 1150. The summed E-state index contributed by atoms with van der Waals surface area (Å²) in [4.78, 5) is 24.0. The Morgan fingerprint density at radius 2 is 1.62 bits per heavy atom. The fourth-order valence-corrected chi connectivity index (χ4v) is 4.63. The Kier molecular flexibility index (Phi) is 4.97. The topological polar surface area (TPSA) is 44.6 Å². The number of carbonyl (C=O) groups is 1. The Balaban J connectivity index is 1.57. The first-order valence-electron chi connectivity index (χ1n) is 10.7. The number of rotatable bonds is 1. The van der Waals surface area contributed by atoms with Gasteiger partial charge in [-0.1, -0.05) is 0 Å². The number of amides is 2. The van der Waals surface area contributed by atoms with Crippen molar-refractivity contribution in [2.24, 2.45) is 0 Å². The van der Waals surface area contributed by atoms with Crippen LogP contribution in [0.15, 0.2) is 48.8 Å². The van der Waals surface area contributed by atoms with E-state index in [1.165, 1.54) is 24.3 Å². The molecule has 0 N–H and O–H groups in total. The van der Waals surface area contributed by atoms with Crippen molar-refractivity contribution in [3.05, 3.63) is 66.1 Å². The van der Waals surface area contributed by atoms with Crippen LogP contribution in [0.3, 0.4) is 0 Å². The first kappa shape index (κ1) is 20.6. The van der Waals surface area contributed by atoms with Crippen LogP contribution in [0.4, 0.5) is 19.3 Å². The minimum absolute atomic E-state index is 0.152. The van der Waals surface area contributed by atoms with Crippen LogP contribution in [-0.2, 0) is 6.54 Å². The maximum atomic E-state index is 14.2. The van der Waals surface area contributed by atoms with E-state index < -0.39 is 5.82 Å².